The summed E-state index contributed by atoms with van der Waals surface area (Å²) in [4.78, 5) is 0. The minimum atomic E-state index is 0.961. The van der Waals surface area contributed by atoms with Crippen molar-refractivity contribution in [2.24, 2.45) is 0 Å². The van der Waals surface area contributed by atoms with Crippen LogP contribution in [0.4, 0.5) is 5.69 Å². The van der Waals surface area contributed by atoms with Crippen LogP contribution in [-0.2, 0) is 6.42 Å². The van der Waals surface area contributed by atoms with Crippen LogP contribution in [0.1, 0.15) is 48.6 Å². The minimum absolute atomic E-state index is 0.961. The van der Waals surface area contributed by atoms with Gasteiger partial charge in [0.05, 0.1) is 0 Å². The Morgan fingerprint density at radius 2 is 1.72 bits per heavy atom. The van der Waals surface area contributed by atoms with E-state index in [9.17, 15) is 0 Å². The average molecular weight is 382 g/mol. The first-order chi connectivity index (χ1) is 13.9. The number of allylic oxidation sites excluding steroid dienone is 9. The highest BCUT2D eigenvalue weighted by atomic mass is 14.8. The normalized spacial score (nSPS) is 14.2. The van der Waals surface area contributed by atoms with Crippen molar-refractivity contribution in [1.82, 2.24) is 0 Å². The number of nitrogens with one attached hydrogen (secondary N) is 1. The van der Waals surface area contributed by atoms with Crippen LogP contribution in [-0.4, -0.2) is 7.05 Å². The molecule has 1 nitrogen and oxygen atoms in total. The summed E-state index contributed by atoms with van der Waals surface area (Å²) in [7, 11) is 1.94. The fourth-order valence-corrected chi connectivity index (χ4v) is 3.96. The molecule has 0 amide bonds. The molecule has 0 aromatic heterocycles. The van der Waals surface area contributed by atoms with Gasteiger partial charge in [0, 0.05) is 12.7 Å². The number of fused-ring (bicyclic) bond motifs is 1. The lowest BCUT2D eigenvalue weighted by Gasteiger charge is -2.18. The quantitative estimate of drug-likeness (QED) is 0.525. The smallest absolute Gasteiger partial charge is 0.0337 e. The Kier molecular flexibility index (Phi) is 6.39. The summed E-state index contributed by atoms with van der Waals surface area (Å²) in [6.07, 6.45) is 11.9. The van der Waals surface area contributed by atoms with Crippen molar-refractivity contribution in [3.8, 4) is 0 Å². The van der Waals surface area contributed by atoms with Crippen molar-refractivity contribution in [1.29, 1.82) is 0 Å². The molecule has 0 spiro atoms. The number of hydrogen-bond donors (Lipinski definition) is 1. The van der Waals surface area contributed by atoms with Crippen LogP contribution in [0.5, 0.6) is 0 Å². The Bertz CT molecular complexity index is 1040. The zero-order chi connectivity index (χ0) is 21.0. The molecule has 29 heavy (non-hydrogen) atoms. The zero-order valence-electron chi connectivity index (χ0n) is 18.3. The van der Waals surface area contributed by atoms with Crippen LogP contribution >= 0.6 is 0 Å². The van der Waals surface area contributed by atoms with Gasteiger partial charge < -0.3 is 5.32 Å². The van der Waals surface area contributed by atoms with Crippen LogP contribution < -0.4 is 5.32 Å². The van der Waals surface area contributed by atoms with E-state index in [1.165, 1.54) is 44.5 Å². The third-order valence-electron chi connectivity index (χ3n) is 5.52. The van der Waals surface area contributed by atoms with E-state index in [2.05, 4.69) is 106 Å². The Balaban J connectivity index is 2.10. The van der Waals surface area contributed by atoms with Crippen molar-refractivity contribution in [3.05, 3.63) is 107 Å². The Morgan fingerprint density at radius 1 is 1.00 bits per heavy atom. The Hall–Kier alpha value is -3.06. The highest BCUT2D eigenvalue weighted by Crippen LogP contribution is 2.35. The van der Waals surface area contributed by atoms with Crippen LogP contribution in [0, 0.1) is 6.92 Å². The molecule has 0 unspecified atom stereocenters. The summed E-state index contributed by atoms with van der Waals surface area (Å²) in [6, 6.07) is 13.0. The first-order valence-corrected chi connectivity index (χ1v) is 10.2. The maximum Gasteiger partial charge on any atom is 0.0337 e. The predicted molar refractivity (Wildman–Crippen MR) is 130 cm³/mol. The van der Waals surface area contributed by atoms with Gasteiger partial charge in [-0.2, -0.15) is 0 Å². The fraction of sp³-hybridized carbons (Fsp3) is 0.214. The lowest BCUT2D eigenvalue weighted by Crippen LogP contribution is -2.01. The second kappa shape index (κ2) is 8.96. The summed E-state index contributed by atoms with van der Waals surface area (Å²) in [6.45, 7) is 13.1. The van der Waals surface area contributed by atoms with E-state index >= 15 is 0 Å². The molecule has 2 aromatic carbocycles. The molecule has 0 aliphatic heterocycles. The fourth-order valence-electron chi connectivity index (χ4n) is 3.96. The zero-order valence-corrected chi connectivity index (χ0v) is 18.3. The number of hydrogen-bond acceptors (Lipinski definition) is 1. The third-order valence-corrected chi connectivity index (χ3v) is 5.52. The first kappa shape index (κ1) is 20.7. The molecule has 148 valence electrons. The number of benzene rings is 2. The first-order valence-electron chi connectivity index (χ1n) is 10.2. The van der Waals surface area contributed by atoms with E-state index in [0.29, 0.717) is 0 Å². The lowest BCUT2D eigenvalue weighted by molar-refractivity contribution is 1.12. The van der Waals surface area contributed by atoms with Crippen molar-refractivity contribution in [2.75, 3.05) is 12.4 Å². The molecule has 0 fully saturated rings. The lowest BCUT2D eigenvalue weighted by atomic mass is 9.86. The molecule has 1 aliphatic rings. The summed E-state index contributed by atoms with van der Waals surface area (Å²) in [5.74, 6) is 0. The van der Waals surface area contributed by atoms with Gasteiger partial charge in [0.1, 0.15) is 0 Å². The van der Waals surface area contributed by atoms with E-state index in [1.807, 2.05) is 7.05 Å². The van der Waals surface area contributed by atoms with E-state index < -0.39 is 0 Å². The molecule has 1 aliphatic carbocycles. The topological polar surface area (TPSA) is 12.0 Å². The highest BCUT2D eigenvalue weighted by Gasteiger charge is 2.16. The molecule has 0 atom stereocenters. The SMILES string of the molecule is C=C(/C=C(\C=C/C)c1ccc(NC)cc1)c1c(C)ccc2c1CC(C)=CC=C2C. The van der Waals surface area contributed by atoms with Crippen molar-refractivity contribution < 1.29 is 0 Å². The maximum absolute atomic E-state index is 4.49. The third kappa shape index (κ3) is 4.51. The van der Waals surface area contributed by atoms with Gasteiger partial charge in [0.25, 0.3) is 0 Å². The number of anilines is 1. The van der Waals surface area contributed by atoms with Gasteiger partial charge in [0.2, 0.25) is 0 Å². The molecule has 1 N–H and O–H groups in total. The van der Waals surface area contributed by atoms with Crippen molar-refractivity contribution >= 4 is 22.4 Å². The van der Waals surface area contributed by atoms with Gasteiger partial charge in [-0.1, -0.05) is 60.7 Å². The van der Waals surface area contributed by atoms with Gasteiger partial charge in [-0.3, -0.25) is 0 Å². The standard InChI is InChI=1S/C28H31N/c1-7-8-24(23-12-14-25(29-6)15-13-23)18-22(5)28-21(4)11-16-26-20(3)10-9-19(2)17-27(26)28/h7-16,18,29H,5,17H2,1-4,6H3/b8-7-,24-18+. The summed E-state index contributed by atoms with van der Waals surface area (Å²) < 4.78 is 0. The number of rotatable bonds is 5. The van der Waals surface area contributed by atoms with Crippen LogP contribution in [0.15, 0.2) is 78.9 Å². The van der Waals surface area contributed by atoms with Gasteiger partial charge in [0.15, 0.2) is 0 Å². The molecule has 0 radical (unpaired) electrons. The van der Waals surface area contributed by atoms with Crippen LogP contribution in [0.3, 0.4) is 0 Å². The van der Waals surface area contributed by atoms with Crippen LogP contribution in [0.2, 0.25) is 0 Å². The van der Waals surface area contributed by atoms with Crippen LogP contribution in [0.25, 0.3) is 16.7 Å². The number of aryl methyl sites for hydroxylation is 1. The second-order valence-corrected chi connectivity index (χ2v) is 7.78. The molecule has 0 heterocycles. The average Bonchev–Trinajstić information content (AvgIpc) is 2.85. The monoisotopic (exact) mass is 381 g/mol. The van der Waals surface area contributed by atoms with Gasteiger partial charge in [-0.15, -0.1) is 0 Å². The molecule has 2 aromatic rings. The van der Waals surface area contributed by atoms with E-state index in [1.54, 1.807) is 0 Å². The maximum atomic E-state index is 4.49. The molecule has 0 saturated carbocycles. The van der Waals surface area contributed by atoms with E-state index in [0.717, 1.165) is 17.7 Å². The summed E-state index contributed by atoms with van der Waals surface area (Å²) in [5.41, 5.74) is 12.5. The molecule has 1 heteroatoms. The second-order valence-electron chi connectivity index (χ2n) is 7.78. The molecule has 0 bridgehead atoms. The van der Waals surface area contributed by atoms with E-state index in [-0.39, 0.29) is 0 Å². The Morgan fingerprint density at radius 3 is 2.38 bits per heavy atom. The molecule has 3 rings (SSSR count). The summed E-state index contributed by atoms with van der Waals surface area (Å²) in [5, 5.41) is 3.18. The molecule has 0 saturated heterocycles. The largest absolute Gasteiger partial charge is 0.388 e. The molecular weight excluding hydrogens is 350 g/mol. The van der Waals surface area contributed by atoms with E-state index in [4.69, 9.17) is 0 Å². The minimum Gasteiger partial charge on any atom is -0.388 e. The van der Waals surface area contributed by atoms with Gasteiger partial charge >= 0.3 is 0 Å². The van der Waals surface area contributed by atoms with Crippen molar-refractivity contribution in [2.45, 2.75) is 34.1 Å². The van der Waals surface area contributed by atoms with Gasteiger partial charge in [-0.25, -0.2) is 0 Å². The summed E-state index contributed by atoms with van der Waals surface area (Å²) >= 11 is 0. The predicted octanol–water partition coefficient (Wildman–Crippen LogP) is 7.62. The highest BCUT2D eigenvalue weighted by molar-refractivity contribution is 5.90. The molecular formula is C28H31N. The van der Waals surface area contributed by atoms with Crippen molar-refractivity contribution in [3.63, 3.8) is 0 Å². The van der Waals surface area contributed by atoms with Gasteiger partial charge in [-0.05, 0) is 96.9 Å². The Labute approximate surface area is 175 Å².